The first-order valence-electron chi connectivity index (χ1n) is 12.3. The van der Waals surface area contributed by atoms with Crippen LogP contribution >= 0.6 is 11.6 Å². The van der Waals surface area contributed by atoms with Crippen LogP contribution in [0.5, 0.6) is 0 Å². The van der Waals surface area contributed by atoms with Crippen LogP contribution in [0.2, 0.25) is 5.02 Å². The lowest BCUT2D eigenvalue weighted by molar-refractivity contribution is 0.187. The molecule has 1 aromatic heterocycles. The number of ether oxygens (including phenoxy) is 1. The zero-order chi connectivity index (χ0) is 28.3. The number of urea groups is 1. The van der Waals surface area contributed by atoms with E-state index in [0.717, 1.165) is 11.3 Å². The SMILES string of the molecule is COC(=O)Nc1ccc(-n2ccnc2C2(NC(=O)NS(=O)(=O)Cc3cccc(Cl)c3)C[C@@H]2c2ccccc2)cc1. The fourth-order valence-corrected chi connectivity index (χ4v) is 6.00. The van der Waals surface area contributed by atoms with E-state index in [0.29, 0.717) is 28.5 Å². The Hall–Kier alpha value is -4.35. The van der Waals surface area contributed by atoms with E-state index in [9.17, 15) is 18.0 Å². The van der Waals surface area contributed by atoms with E-state index in [1.165, 1.54) is 13.2 Å². The first kappa shape index (κ1) is 27.2. The van der Waals surface area contributed by atoms with Crippen LogP contribution in [0.3, 0.4) is 0 Å². The summed E-state index contributed by atoms with van der Waals surface area (Å²) in [5.41, 5.74) is 1.75. The van der Waals surface area contributed by atoms with Gasteiger partial charge < -0.3 is 14.6 Å². The molecule has 1 heterocycles. The molecule has 3 N–H and O–H groups in total. The minimum Gasteiger partial charge on any atom is -0.453 e. The Morgan fingerprint density at radius 1 is 1.07 bits per heavy atom. The van der Waals surface area contributed by atoms with Gasteiger partial charge in [-0.15, -0.1) is 0 Å². The molecule has 1 saturated carbocycles. The van der Waals surface area contributed by atoms with Gasteiger partial charge in [0.2, 0.25) is 10.0 Å². The number of methoxy groups -OCH3 is 1. The van der Waals surface area contributed by atoms with Crippen molar-refractivity contribution in [3.05, 3.63) is 113 Å². The van der Waals surface area contributed by atoms with Crippen molar-refractivity contribution < 1.29 is 22.7 Å². The molecule has 40 heavy (non-hydrogen) atoms. The van der Waals surface area contributed by atoms with E-state index < -0.39 is 33.4 Å². The first-order valence-corrected chi connectivity index (χ1v) is 14.3. The van der Waals surface area contributed by atoms with Crippen LogP contribution < -0.4 is 15.4 Å². The van der Waals surface area contributed by atoms with Gasteiger partial charge in [-0.3, -0.25) is 5.32 Å². The zero-order valence-corrected chi connectivity index (χ0v) is 22.9. The summed E-state index contributed by atoms with van der Waals surface area (Å²) in [6.07, 6.45) is 3.31. The molecule has 3 aromatic carbocycles. The van der Waals surface area contributed by atoms with Crippen molar-refractivity contribution in [1.29, 1.82) is 0 Å². The second-order valence-corrected chi connectivity index (χ2v) is 11.5. The summed E-state index contributed by atoms with van der Waals surface area (Å²) in [5.74, 6) is -0.00893. The molecule has 206 valence electrons. The van der Waals surface area contributed by atoms with Crippen LogP contribution in [-0.2, 0) is 26.1 Å². The van der Waals surface area contributed by atoms with Gasteiger partial charge in [0.15, 0.2) is 0 Å². The van der Waals surface area contributed by atoms with Gasteiger partial charge in [0.1, 0.15) is 11.4 Å². The number of carbonyl (C=O) groups excluding carboxylic acids is 2. The van der Waals surface area contributed by atoms with Gasteiger partial charge in [0.25, 0.3) is 0 Å². The summed E-state index contributed by atoms with van der Waals surface area (Å²) in [7, 11) is -2.73. The number of hydrogen-bond donors (Lipinski definition) is 3. The molecule has 4 aromatic rings. The van der Waals surface area contributed by atoms with Gasteiger partial charge in [-0.05, 0) is 53.9 Å². The normalized spacial score (nSPS) is 18.0. The highest BCUT2D eigenvalue weighted by atomic mass is 35.5. The molecule has 0 aliphatic heterocycles. The largest absolute Gasteiger partial charge is 0.453 e. The standard InChI is InChI=1S/C28H26ClN5O5S/c1-39-27(36)31-22-10-12-23(13-11-22)34-15-14-30-25(34)28(17-24(28)20-7-3-2-4-8-20)32-26(35)33-40(37,38)18-19-6-5-9-21(29)16-19/h2-16,24H,17-18H2,1H3,(H,31,36)(H2,32,33,35)/t24-,28?/m1/s1. The van der Waals surface area contributed by atoms with Crippen molar-refractivity contribution in [2.24, 2.45) is 0 Å². The molecule has 1 fully saturated rings. The fraction of sp³-hybridized carbons (Fsp3) is 0.179. The molecule has 2 atom stereocenters. The Morgan fingerprint density at radius 2 is 1.82 bits per heavy atom. The average Bonchev–Trinajstić information content (AvgIpc) is 3.41. The molecule has 0 spiro atoms. The molecule has 5 rings (SSSR count). The minimum atomic E-state index is -4.02. The quantitative estimate of drug-likeness (QED) is 0.272. The van der Waals surface area contributed by atoms with E-state index in [-0.39, 0.29) is 5.92 Å². The maximum Gasteiger partial charge on any atom is 0.411 e. The van der Waals surface area contributed by atoms with Crippen LogP contribution in [0.25, 0.3) is 5.69 Å². The number of nitrogens with zero attached hydrogens (tertiary/aromatic N) is 2. The van der Waals surface area contributed by atoms with Crippen LogP contribution in [-0.4, -0.2) is 37.2 Å². The smallest absolute Gasteiger partial charge is 0.411 e. The molecular formula is C28H26ClN5O5S. The average molecular weight is 580 g/mol. The number of carbonyl (C=O) groups is 2. The topological polar surface area (TPSA) is 131 Å². The summed E-state index contributed by atoms with van der Waals surface area (Å²) in [6.45, 7) is 0. The Kier molecular flexibility index (Phi) is 7.51. The third-order valence-electron chi connectivity index (χ3n) is 6.61. The molecule has 10 nitrogen and oxygen atoms in total. The van der Waals surface area contributed by atoms with Crippen LogP contribution in [0.15, 0.2) is 91.3 Å². The van der Waals surface area contributed by atoms with Gasteiger partial charge in [-0.1, -0.05) is 54.1 Å². The van der Waals surface area contributed by atoms with E-state index in [1.54, 1.807) is 54.9 Å². The van der Waals surface area contributed by atoms with E-state index in [1.807, 2.05) is 34.9 Å². The molecule has 0 radical (unpaired) electrons. The third kappa shape index (κ3) is 5.95. The van der Waals surface area contributed by atoms with E-state index in [2.05, 4.69) is 25.1 Å². The molecule has 0 saturated heterocycles. The molecule has 1 unspecified atom stereocenters. The van der Waals surface area contributed by atoms with Crippen molar-refractivity contribution in [1.82, 2.24) is 19.6 Å². The lowest BCUT2D eigenvalue weighted by Crippen LogP contribution is -2.46. The molecule has 1 aliphatic rings. The third-order valence-corrected chi connectivity index (χ3v) is 8.06. The summed E-state index contributed by atoms with van der Waals surface area (Å²) < 4.78 is 34.2. The van der Waals surface area contributed by atoms with Crippen LogP contribution in [0.1, 0.15) is 29.3 Å². The van der Waals surface area contributed by atoms with Crippen LogP contribution in [0, 0.1) is 0 Å². The number of halogens is 1. The van der Waals surface area contributed by atoms with Gasteiger partial charge in [0.05, 0.1) is 12.9 Å². The number of imidazole rings is 1. The second-order valence-electron chi connectivity index (χ2n) is 9.37. The zero-order valence-electron chi connectivity index (χ0n) is 21.4. The Balaban J connectivity index is 1.41. The number of aromatic nitrogens is 2. The van der Waals surface area contributed by atoms with Crippen molar-refractivity contribution >= 4 is 39.4 Å². The minimum absolute atomic E-state index is 0.142. The van der Waals surface area contributed by atoms with Crippen LogP contribution in [0.4, 0.5) is 15.3 Å². The van der Waals surface area contributed by atoms with Crippen molar-refractivity contribution in [2.75, 3.05) is 12.4 Å². The number of hydrogen-bond acceptors (Lipinski definition) is 6. The van der Waals surface area contributed by atoms with Crippen molar-refractivity contribution in [3.63, 3.8) is 0 Å². The predicted molar refractivity (Wildman–Crippen MR) is 151 cm³/mol. The predicted octanol–water partition coefficient (Wildman–Crippen LogP) is 4.92. The second kappa shape index (κ2) is 11.0. The maximum atomic E-state index is 13.2. The Bertz CT molecular complexity index is 1640. The van der Waals surface area contributed by atoms with Crippen molar-refractivity contribution in [3.8, 4) is 5.69 Å². The van der Waals surface area contributed by atoms with E-state index in [4.69, 9.17) is 11.6 Å². The highest BCUT2D eigenvalue weighted by molar-refractivity contribution is 7.89. The van der Waals surface area contributed by atoms with Gasteiger partial charge in [0, 0.05) is 34.7 Å². The number of anilines is 1. The maximum absolute atomic E-state index is 13.2. The summed E-state index contributed by atoms with van der Waals surface area (Å²) >= 11 is 5.98. The number of rotatable bonds is 8. The lowest BCUT2D eigenvalue weighted by Gasteiger charge is -2.22. The summed E-state index contributed by atoms with van der Waals surface area (Å²) in [6, 6.07) is 22.3. The van der Waals surface area contributed by atoms with Crippen molar-refractivity contribution in [2.45, 2.75) is 23.6 Å². The van der Waals surface area contributed by atoms with Gasteiger partial charge in [-0.2, -0.15) is 0 Å². The molecule has 0 bridgehead atoms. The Morgan fingerprint density at radius 3 is 2.52 bits per heavy atom. The monoisotopic (exact) mass is 579 g/mol. The molecule has 1 aliphatic carbocycles. The number of benzene rings is 3. The van der Waals surface area contributed by atoms with E-state index >= 15 is 0 Å². The number of sulfonamides is 1. The highest BCUT2D eigenvalue weighted by Crippen LogP contribution is 2.58. The first-order chi connectivity index (χ1) is 19.2. The molecule has 3 amide bonds. The molecule has 12 heteroatoms. The highest BCUT2D eigenvalue weighted by Gasteiger charge is 2.60. The summed E-state index contributed by atoms with van der Waals surface area (Å²) in [4.78, 5) is 29.3. The number of nitrogens with one attached hydrogen (secondary N) is 3. The summed E-state index contributed by atoms with van der Waals surface area (Å²) in [5, 5.41) is 5.92. The van der Waals surface area contributed by atoms with Gasteiger partial charge >= 0.3 is 12.1 Å². The fourth-order valence-electron chi connectivity index (χ4n) is 4.76. The number of amides is 3. The molecular weight excluding hydrogens is 554 g/mol. The lowest BCUT2D eigenvalue weighted by atomic mass is 10.1. The van der Waals surface area contributed by atoms with Gasteiger partial charge in [-0.25, -0.2) is 27.7 Å². The Labute approximate surface area is 236 Å².